The number of aliphatic hydroxyl groups excluding tert-OH is 1. The topological polar surface area (TPSA) is 102 Å². The van der Waals surface area contributed by atoms with E-state index in [4.69, 9.17) is 0 Å². The third kappa shape index (κ3) is 8.56. The largest absolute Gasteiger partial charge is 0.390 e. The summed E-state index contributed by atoms with van der Waals surface area (Å²) in [7, 11) is 0. The molecule has 1 saturated heterocycles. The van der Waals surface area contributed by atoms with Crippen LogP contribution in [0.4, 0.5) is 8.78 Å². The number of carbonyl (C=O) groups is 3. The van der Waals surface area contributed by atoms with Crippen LogP contribution in [0.15, 0.2) is 42.5 Å². The van der Waals surface area contributed by atoms with Crippen molar-refractivity contribution >= 4 is 17.7 Å². The van der Waals surface area contributed by atoms with Crippen molar-refractivity contribution < 1.29 is 28.3 Å². The highest BCUT2D eigenvalue weighted by Crippen LogP contribution is 2.14. The summed E-state index contributed by atoms with van der Waals surface area (Å²) in [6, 6.07) is 9.92. The molecule has 0 bridgehead atoms. The average molecular weight is 545 g/mol. The van der Waals surface area contributed by atoms with Gasteiger partial charge in [0, 0.05) is 38.3 Å². The molecule has 1 aliphatic heterocycles. The average Bonchev–Trinajstić information content (AvgIpc) is 2.88. The lowest BCUT2D eigenvalue weighted by Crippen LogP contribution is -2.61. The second-order valence-corrected chi connectivity index (χ2v) is 10.1. The van der Waals surface area contributed by atoms with Crippen LogP contribution in [0.3, 0.4) is 0 Å². The molecule has 2 aromatic rings. The number of halogens is 2. The van der Waals surface area contributed by atoms with Crippen LogP contribution in [0.1, 0.15) is 43.9 Å². The summed E-state index contributed by atoms with van der Waals surface area (Å²) in [5.41, 5.74) is 2.49. The van der Waals surface area contributed by atoms with Gasteiger partial charge in [-0.25, -0.2) is 8.78 Å². The van der Waals surface area contributed by atoms with Gasteiger partial charge in [-0.2, -0.15) is 0 Å². The predicted molar refractivity (Wildman–Crippen MR) is 144 cm³/mol. The standard InChI is InChI=1S/C29H38F2N4O4/c1-4-9-35-19(3)17-34(28(38)29(35)39)18-27(37)33-25(13-22-11-23(30)14-24(31)12-22)26(36)16-32-15-21-8-6-7-20(5-2)10-21/h6-8,10-12,14,19,25-26,32,36H,4-5,9,13,15-18H2,1-3H3,(H,33,37)/t19-,25+,26-/m1/s1. The van der Waals surface area contributed by atoms with Crippen molar-refractivity contribution in [3.05, 3.63) is 70.8 Å². The highest BCUT2D eigenvalue weighted by atomic mass is 19.1. The van der Waals surface area contributed by atoms with Crippen LogP contribution in [0.2, 0.25) is 0 Å². The highest BCUT2D eigenvalue weighted by Gasteiger charge is 2.37. The Morgan fingerprint density at radius 1 is 1.05 bits per heavy atom. The lowest BCUT2D eigenvalue weighted by Gasteiger charge is -2.38. The van der Waals surface area contributed by atoms with E-state index in [-0.39, 0.29) is 37.7 Å². The van der Waals surface area contributed by atoms with E-state index in [1.165, 1.54) is 15.4 Å². The first-order valence-electron chi connectivity index (χ1n) is 13.4. The Labute approximate surface area is 228 Å². The minimum absolute atomic E-state index is 0.0395. The highest BCUT2D eigenvalue weighted by molar-refractivity contribution is 6.35. The van der Waals surface area contributed by atoms with Crippen molar-refractivity contribution in [2.75, 3.05) is 26.2 Å². The summed E-state index contributed by atoms with van der Waals surface area (Å²) in [6.07, 6.45) is 0.465. The number of hydrogen-bond acceptors (Lipinski definition) is 5. The van der Waals surface area contributed by atoms with Gasteiger partial charge in [-0.3, -0.25) is 14.4 Å². The van der Waals surface area contributed by atoms with Crippen molar-refractivity contribution in [3.8, 4) is 0 Å². The van der Waals surface area contributed by atoms with E-state index < -0.39 is 41.5 Å². The van der Waals surface area contributed by atoms with Gasteiger partial charge in [-0.15, -0.1) is 0 Å². The molecule has 3 N–H and O–H groups in total. The van der Waals surface area contributed by atoms with Gasteiger partial charge in [0.15, 0.2) is 0 Å². The lowest BCUT2D eigenvalue weighted by molar-refractivity contribution is -0.159. The fourth-order valence-electron chi connectivity index (χ4n) is 4.82. The van der Waals surface area contributed by atoms with Gasteiger partial charge in [0.1, 0.15) is 18.2 Å². The van der Waals surface area contributed by atoms with Crippen LogP contribution in [0.25, 0.3) is 0 Å². The summed E-state index contributed by atoms with van der Waals surface area (Å²) in [4.78, 5) is 40.8. The minimum atomic E-state index is -1.10. The molecule has 0 spiro atoms. The number of aryl methyl sites for hydroxylation is 1. The number of rotatable bonds is 13. The van der Waals surface area contributed by atoms with Crippen LogP contribution in [-0.4, -0.2) is 77.0 Å². The van der Waals surface area contributed by atoms with Gasteiger partial charge in [-0.05, 0) is 55.0 Å². The Morgan fingerprint density at radius 2 is 1.74 bits per heavy atom. The number of nitrogens with one attached hydrogen (secondary N) is 2. The number of hydrogen-bond donors (Lipinski definition) is 3. The van der Waals surface area contributed by atoms with Crippen molar-refractivity contribution in [1.29, 1.82) is 0 Å². The molecule has 1 fully saturated rings. The zero-order valence-electron chi connectivity index (χ0n) is 22.8. The quantitative estimate of drug-likeness (QED) is 0.336. The third-order valence-corrected chi connectivity index (χ3v) is 6.82. The van der Waals surface area contributed by atoms with Crippen LogP contribution in [-0.2, 0) is 33.8 Å². The Hall–Kier alpha value is -3.37. The molecule has 0 unspecified atom stereocenters. The molecule has 212 valence electrons. The van der Waals surface area contributed by atoms with Gasteiger partial charge >= 0.3 is 11.8 Å². The number of amides is 3. The van der Waals surface area contributed by atoms with Crippen molar-refractivity contribution in [3.63, 3.8) is 0 Å². The van der Waals surface area contributed by atoms with Gasteiger partial charge in [0.25, 0.3) is 0 Å². The first-order valence-corrected chi connectivity index (χ1v) is 13.4. The molecule has 8 nitrogen and oxygen atoms in total. The van der Waals surface area contributed by atoms with E-state index in [1.807, 2.05) is 32.0 Å². The number of nitrogens with zero attached hydrogens (tertiary/aromatic N) is 2. The van der Waals surface area contributed by atoms with Gasteiger partial charge in [0.05, 0.1) is 12.1 Å². The van der Waals surface area contributed by atoms with Crippen molar-refractivity contribution in [1.82, 2.24) is 20.4 Å². The smallest absolute Gasteiger partial charge is 0.312 e. The van der Waals surface area contributed by atoms with E-state index in [0.29, 0.717) is 19.5 Å². The van der Waals surface area contributed by atoms with Crippen LogP contribution in [0.5, 0.6) is 0 Å². The van der Waals surface area contributed by atoms with Gasteiger partial charge in [0.2, 0.25) is 5.91 Å². The van der Waals surface area contributed by atoms with E-state index >= 15 is 0 Å². The molecule has 0 saturated carbocycles. The fourth-order valence-corrected chi connectivity index (χ4v) is 4.82. The first kappa shape index (κ1) is 30.2. The molecule has 1 heterocycles. The van der Waals surface area contributed by atoms with Gasteiger partial charge < -0.3 is 25.5 Å². The first-order chi connectivity index (χ1) is 18.6. The zero-order valence-corrected chi connectivity index (χ0v) is 22.8. The second kappa shape index (κ2) is 14.1. The molecular weight excluding hydrogens is 506 g/mol. The summed E-state index contributed by atoms with van der Waals surface area (Å²) >= 11 is 0. The summed E-state index contributed by atoms with van der Waals surface area (Å²) in [5, 5.41) is 16.8. The molecule has 1 aliphatic rings. The zero-order chi connectivity index (χ0) is 28.5. The van der Waals surface area contributed by atoms with Crippen molar-refractivity contribution in [2.24, 2.45) is 0 Å². The predicted octanol–water partition coefficient (Wildman–Crippen LogP) is 2.17. The van der Waals surface area contributed by atoms with Crippen LogP contribution >= 0.6 is 0 Å². The Balaban J connectivity index is 1.67. The molecular formula is C29H38F2N4O4. The summed E-state index contributed by atoms with van der Waals surface area (Å²) < 4.78 is 27.6. The number of carbonyl (C=O) groups excluding carboxylic acids is 3. The van der Waals surface area contributed by atoms with Crippen LogP contribution in [0, 0.1) is 11.6 Å². The maximum absolute atomic E-state index is 13.8. The Morgan fingerprint density at radius 3 is 2.41 bits per heavy atom. The van der Waals surface area contributed by atoms with E-state index in [0.717, 1.165) is 30.2 Å². The van der Waals surface area contributed by atoms with Gasteiger partial charge in [-0.1, -0.05) is 38.1 Å². The second-order valence-electron chi connectivity index (χ2n) is 10.1. The molecule has 3 atom stereocenters. The maximum Gasteiger partial charge on any atom is 0.312 e. The van der Waals surface area contributed by atoms with E-state index in [1.54, 1.807) is 0 Å². The Kier molecular flexibility index (Phi) is 10.9. The molecule has 3 rings (SSSR count). The summed E-state index contributed by atoms with van der Waals surface area (Å²) in [6.45, 7) is 6.68. The molecule has 0 aliphatic carbocycles. The molecule has 2 aromatic carbocycles. The number of piperazine rings is 1. The fraction of sp³-hybridized carbons (Fsp3) is 0.483. The normalized spacial score (nSPS) is 17.3. The number of benzene rings is 2. The molecule has 0 radical (unpaired) electrons. The molecule has 3 amide bonds. The van der Waals surface area contributed by atoms with E-state index in [9.17, 15) is 28.3 Å². The third-order valence-electron chi connectivity index (χ3n) is 6.82. The summed E-state index contributed by atoms with van der Waals surface area (Å²) in [5.74, 6) is -3.50. The lowest BCUT2D eigenvalue weighted by atomic mass is 10.0. The SMILES string of the molecule is CCCN1C(=O)C(=O)N(CC(=O)N[C@@H](Cc2cc(F)cc(F)c2)[C@H](O)CNCc2cccc(CC)c2)C[C@H]1C. The Bertz CT molecular complexity index is 1140. The molecule has 0 aromatic heterocycles. The van der Waals surface area contributed by atoms with Crippen LogP contribution < -0.4 is 10.6 Å². The molecule has 10 heteroatoms. The monoisotopic (exact) mass is 544 g/mol. The molecule has 39 heavy (non-hydrogen) atoms. The minimum Gasteiger partial charge on any atom is -0.390 e. The van der Waals surface area contributed by atoms with E-state index in [2.05, 4.69) is 23.6 Å². The van der Waals surface area contributed by atoms with Crippen molar-refractivity contribution in [2.45, 2.75) is 64.8 Å². The number of aliphatic hydroxyl groups is 1. The maximum atomic E-state index is 13.8.